The first-order chi connectivity index (χ1) is 22.9. The molecule has 1 aliphatic heterocycles. The normalized spacial score (nSPS) is 17.0. The molecule has 1 aliphatic carbocycles. The van der Waals surface area contributed by atoms with Gasteiger partial charge >= 0.3 is 6.03 Å². The molecule has 3 amide bonds. The average Bonchev–Trinajstić information content (AvgIpc) is 3.46. The van der Waals surface area contributed by atoms with Gasteiger partial charge in [0.1, 0.15) is 5.25 Å². The zero-order valence-electron chi connectivity index (χ0n) is 25.8. The Morgan fingerprint density at radius 2 is 1.62 bits per heavy atom. The van der Waals surface area contributed by atoms with Gasteiger partial charge in [-0.3, -0.25) is 9.69 Å². The van der Waals surface area contributed by atoms with E-state index in [9.17, 15) is 9.59 Å². The summed E-state index contributed by atoms with van der Waals surface area (Å²) in [5.41, 5.74) is 5.51. The standard InChI is InChI=1S/C38H32N4O2S3/c1-24-19-21-26(22-20-24)34-25(2)45-37(40-34)41-36(43)35(27-11-4-3-5-12-27)46-29-14-10-13-28(23-29)39-38(44)42-30-15-6-8-17-32(30)47-33-18-9-7-16-31(33)42/h3-23,30,32,35H,1-2H3,(H,39,44)(H,40,41,43). The number of thiazole rings is 1. The number of carbonyl (C=O) groups is 2. The molecule has 9 heteroatoms. The van der Waals surface area contributed by atoms with Gasteiger partial charge in [-0.2, -0.15) is 0 Å². The first kappa shape index (κ1) is 31.1. The Hall–Kier alpha value is -4.57. The first-order valence-electron chi connectivity index (χ1n) is 15.3. The number of aryl methyl sites for hydroxylation is 2. The minimum atomic E-state index is -0.542. The average molecular weight is 673 g/mol. The quantitative estimate of drug-likeness (QED) is 0.168. The Balaban J connectivity index is 1.11. The van der Waals surface area contributed by atoms with Crippen LogP contribution in [0, 0.1) is 13.8 Å². The summed E-state index contributed by atoms with van der Waals surface area (Å²) >= 11 is 4.68. The van der Waals surface area contributed by atoms with Crippen LogP contribution in [0.1, 0.15) is 21.3 Å². The van der Waals surface area contributed by atoms with Gasteiger partial charge in [0.05, 0.1) is 22.7 Å². The van der Waals surface area contributed by atoms with E-state index in [0.717, 1.165) is 37.2 Å². The van der Waals surface area contributed by atoms with E-state index in [2.05, 4.69) is 60.0 Å². The number of rotatable bonds is 7. The number of benzene rings is 4. The fraction of sp³-hybridized carbons (Fsp3) is 0.132. The first-order valence-corrected chi connectivity index (χ1v) is 17.9. The van der Waals surface area contributed by atoms with Crippen LogP contribution in [0.5, 0.6) is 0 Å². The third kappa shape index (κ3) is 6.79. The largest absolute Gasteiger partial charge is 0.326 e. The van der Waals surface area contributed by atoms with E-state index in [1.165, 1.54) is 28.7 Å². The van der Waals surface area contributed by atoms with Crippen molar-refractivity contribution in [2.75, 3.05) is 15.5 Å². The Bertz CT molecular complexity index is 1990. The van der Waals surface area contributed by atoms with Gasteiger partial charge in [0, 0.05) is 25.9 Å². The van der Waals surface area contributed by atoms with E-state index in [1.807, 2.05) is 96.8 Å². The van der Waals surface area contributed by atoms with Gasteiger partial charge in [0.25, 0.3) is 0 Å². The number of urea groups is 1. The Kier molecular flexibility index (Phi) is 9.02. The number of hydrogen-bond acceptors (Lipinski definition) is 6. The van der Waals surface area contributed by atoms with Crippen LogP contribution in [0.4, 0.5) is 21.3 Å². The summed E-state index contributed by atoms with van der Waals surface area (Å²) in [6, 6.07) is 33.4. The minimum Gasteiger partial charge on any atom is -0.307 e. The molecule has 7 rings (SSSR count). The summed E-state index contributed by atoms with van der Waals surface area (Å²) in [4.78, 5) is 37.4. The van der Waals surface area contributed by atoms with Crippen LogP contribution < -0.4 is 15.5 Å². The van der Waals surface area contributed by atoms with Gasteiger partial charge in [0.15, 0.2) is 5.13 Å². The zero-order valence-corrected chi connectivity index (χ0v) is 28.2. The van der Waals surface area contributed by atoms with Crippen LogP contribution in [0.15, 0.2) is 137 Å². The van der Waals surface area contributed by atoms with Gasteiger partial charge < -0.3 is 10.6 Å². The number of amides is 3. The molecule has 0 spiro atoms. The zero-order chi connectivity index (χ0) is 32.3. The predicted octanol–water partition coefficient (Wildman–Crippen LogP) is 9.91. The number of aromatic nitrogens is 1. The summed E-state index contributed by atoms with van der Waals surface area (Å²) in [6.45, 7) is 4.08. The molecule has 2 aliphatic rings. The summed E-state index contributed by atoms with van der Waals surface area (Å²) in [7, 11) is 0. The molecule has 5 aromatic rings. The van der Waals surface area contributed by atoms with Crippen LogP contribution >= 0.6 is 34.9 Å². The molecular weight excluding hydrogens is 641 g/mol. The van der Waals surface area contributed by atoms with Gasteiger partial charge in [-0.05, 0) is 49.7 Å². The summed E-state index contributed by atoms with van der Waals surface area (Å²) < 4.78 is 0. The van der Waals surface area contributed by atoms with E-state index >= 15 is 0 Å². The number of thioether (sulfide) groups is 2. The lowest BCUT2D eigenvalue weighted by molar-refractivity contribution is -0.115. The maximum Gasteiger partial charge on any atom is 0.326 e. The van der Waals surface area contributed by atoms with E-state index in [0.29, 0.717) is 10.8 Å². The number of fused-ring (bicyclic) bond motifs is 2. The Labute approximate surface area is 287 Å². The van der Waals surface area contributed by atoms with Crippen molar-refractivity contribution in [1.29, 1.82) is 0 Å². The highest BCUT2D eigenvalue weighted by atomic mass is 32.2. The molecule has 0 saturated heterocycles. The molecule has 2 N–H and O–H groups in total. The van der Waals surface area contributed by atoms with Crippen LogP contribution in [-0.4, -0.2) is 28.2 Å². The number of allylic oxidation sites excluding steroid dienone is 2. The second kappa shape index (κ2) is 13.7. The van der Waals surface area contributed by atoms with Gasteiger partial charge in [-0.25, -0.2) is 9.78 Å². The van der Waals surface area contributed by atoms with Crippen molar-refractivity contribution in [3.05, 3.63) is 143 Å². The van der Waals surface area contributed by atoms with Crippen molar-refractivity contribution >= 4 is 63.3 Å². The summed E-state index contributed by atoms with van der Waals surface area (Å²) in [5.74, 6) is -0.162. The highest BCUT2D eigenvalue weighted by Gasteiger charge is 2.36. The monoisotopic (exact) mass is 672 g/mol. The molecule has 0 saturated carbocycles. The van der Waals surface area contributed by atoms with Gasteiger partial charge in [0.2, 0.25) is 5.91 Å². The Morgan fingerprint density at radius 3 is 2.45 bits per heavy atom. The fourth-order valence-corrected chi connectivity index (χ4v) is 8.87. The van der Waals surface area contributed by atoms with Crippen LogP contribution in [0.2, 0.25) is 0 Å². The van der Waals surface area contributed by atoms with E-state index < -0.39 is 5.25 Å². The molecular formula is C38H32N4O2S3. The van der Waals surface area contributed by atoms with Crippen LogP contribution in [-0.2, 0) is 4.79 Å². The molecule has 3 atom stereocenters. The molecule has 47 heavy (non-hydrogen) atoms. The fourth-order valence-electron chi connectivity index (χ4n) is 5.69. The van der Waals surface area contributed by atoms with Crippen molar-refractivity contribution < 1.29 is 9.59 Å². The number of para-hydroxylation sites is 1. The smallest absolute Gasteiger partial charge is 0.307 e. The summed E-state index contributed by atoms with van der Waals surface area (Å²) in [6.07, 6.45) is 8.26. The molecule has 2 heterocycles. The molecule has 0 bridgehead atoms. The molecule has 3 unspecified atom stereocenters. The lowest BCUT2D eigenvalue weighted by atomic mass is 10.1. The SMILES string of the molecule is Cc1ccc(-c2nc(NC(=O)C(Sc3cccc(NC(=O)N4c5ccccc5SC5C=CC=CC54)c3)c3ccccc3)sc2C)cc1. The van der Waals surface area contributed by atoms with E-state index in [4.69, 9.17) is 4.98 Å². The van der Waals surface area contributed by atoms with E-state index in [1.54, 1.807) is 11.8 Å². The van der Waals surface area contributed by atoms with Crippen LogP contribution in [0.25, 0.3) is 11.3 Å². The highest BCUT2D eigenvalue weighted by molar-refractivity contribution is 8.00. The van der Waals surface area contributed by atoms with Crippen molar-refractivity contribution in [1.82, 2.24) is 4.98 Å². The molecule has 234 valence electrons. The number of carbonyl (C=O) groups excluding carboxylic acids is 2. The lowest BCUT2D eigenvalue weighted by Gasteiger charge is -2.40. The maximum atomic E-state index is 13.9. The van der Waals surface area contributed by atoms with E-state index in [-0.39, 0.29) is 23.2 Å². The van der Waals surface area contributed by atoms with Crippen molar-refractivity contribution in [3.8, 4) is 11.3 Å². The second-order valence-electron chi connectivity index (χ2n) is 11.3. The van der Waals surface area contributed by atoms with Crippen molar-refractivity contribution in [3.63, 3.8) is 0 Å². The molecule has 0 fully saturated rings. The molecule has 4 aromatic carbocycles. The van der Waals surface area contributed by atoms with Gasteiger partial charge in [-0.1, -0.05) is 103 Å². The maximum absolute atomic E-state index is 13.9. The third-order valence-corrected chi connectivity index (χ3v) is 11.4. The number of hydrogen-bond donors (Lipinski definition) is 2. The Morgan fingerprint density at radius 1 is 0.851 bits per heavy atom. The lowest BCUT2D eigenvalue weighted by Crippen LogP contribution is -2.49. The third-order valence-electron chi connectivity index (χ3n) is 7.99. The minimum absolute atomic E-state index is 0.0929. The highest BCUT2D eigenvalue weighted by Crippen LogP contribution is 2.44. The number of nitrogens with one attached hydrogen (secondary N) is 2. The molecule has 0 radical (unpaired) electrons. The predicted molar refractivity (Wildman–Crippen MR) is 197 cm³/mol. The topological polar surface area (TPSA) is 74.3 Å². The second-order valence-corrected chi connectivity index (χ2v) is 14.9. The molecule has 1 aromatic heterocycles. The number of anilines is 3. The van der Waals surface area contributed by atoms with Gasteiger partial charge in [-0.15, -0.1) is 34.9 Å². The van der Waals surface area contributed by atoms with Crippen LogP contribution in [0.3, 0.4) is 0 Å². The molecule has 6 nitrogen and oxygen atoms in total. The summed E-state index contributed by atoms with van der Waals surface area (Å²) in [5, 5.41) is 6.38. The number of nitrogens with zero attached hydrogens (tertiary/aromatic N) is 2. The van der Waals surface area contributed by atoms with Crippen molar-refractivity contribution in [2.45, 2.75) is 40.2 Å². The van der Waals surface area contributed by atoms with Crippen molar-refractivity contribution in [2.24, 2.45) is 0 Å².